The first kappa shape index (κ1) is 17.4. The van der Waals surface area contributed by atoms with Crippen LogP contribution in [-0.4, -0.2) is 36.0 Å². The van der Waals surface area contributed by atoms with E-state index in [2.05, 4.69) is 33.2 Å². The fourth-order valence-electron chi connectivity index (χ4n) is 2.46. The lowest BCUT2D eigenvalue weighted by Crippen LogP contribution is -2.40. The van der Waals surface area contributed by atoms with Crippen LogP contribution >= 0.6 is 28.3 Å². The second-order valence-corrected chi connectivity index (χ2v) is 5.79. The van der Waals surface area contributed by atoms with Crippen molar-refractivity contribution >= 4 is 34.0 Å². The van der Waals surface area contributed by atoms with E-state index in [1.807, 2.05) is 6.07 Å². The molecule has 1 aliphatic heterocycles. The second-order valence-electron chi connectivity index (χ2n) is 4.94. The number of nitro groups is 1. The third kappa shape index (κ3) is 4.41. The summed E-state index contributed by atoms with van der Waals surface area (Å²) in [5, 5.41) is 14.3. The number of rotatable bonds is 4. The lowest BCUT2D eigenvalue weighted by atomic mass is 10.0. The summed E-state index contributed by atoms with van der Waals surface area (Å²) in [5.74, 6) is 0. The van der Waals surface area contributed by atoms with Crippen LogP contribution in [0.4, 0.5) is 5.69 Å². The molecule has 1 aromatic carbocycles. The summed E-state index contributed by atoms with van der Waals surface area (Å²) in [5.41, 5.74) is 1.12. The van der Waals surface area contributed by atoms with Gasteiger partial charge in [0, 0.05) is 18.7 Å². The Morgan fingerprint density at radius 1 is 1.45 bits per heavy atom. The molecular weight excluding hydrogens is 346 g/mol. The van der Waals surface area contributed by atoms with E-state index < -0.39 is 0 Å². The Labute approximate surface area is 133 Å². The fourth-order valence-corrected chi connectivity index (χ4v) is 2.85. The number of benzene rings is 1. The molecule has 1 aromatic rings. The van der Waals surface area contributed by atoms with Crippen LogP contribution in [0.3, 0.4) is 0 Å². The van der Waals surface area contributed by atoms with Crippen molar-refractivity contribution in [1.29, 1.82) is 0 Å². The van der Waals surface area contributed by atoms with E-state index in [-0.39, 0.29) is 23.0 Å². The smallest absolute Gasteiger partial charge is 0.283 e. The maximum Gasteiger partial charge on any atom is 0.283 e. The van der Waals surface area contributed by atoms with Gasteiger partial charge in [-0.25, -0.2) is 0 Å². The van der Waals surface area contributed by atoms with E-state index in [1.165, 1.54) is 0 Å². The largest absolute Gasteiger partial charge is 0.317 e. The van der Waals surface area contributed by atoms with Gasteiger partial charge in [0.1, 0.15) is 0 Å². The highest BCUT2D eigenvalue weighted by Crippen LogP contribution is 2.26. The molecule has 1 aliphatic rings. The van der Waals surface area contributed by atoms with E-state index in [1.54, 1.807) is 12.1 Å². The van der Waals surface area contributed by atoms with E-state index >= 15 is 0 Å². The number of hydrogen-bond donors (Lipinski definition) is 1. The lowest BCUT2D eigenvalue weighted by molar-refractivity contribution is -0.385. The summed E-state index contributed by atoms with van der Waals surface area (Å²) in [7, 11) is 2.09. The fraction of sp³-hybridized carbons (Fsp3) is 0.538. The zero-order valence-electron chi connectivity index (χ0n) is 11.3. The molecule has 2 rings (SSSR count). The van der Waals surface area contributed by atoms with Gasteiger partial charge < -0.3 is 5.32 Å². The topological polar surface area (TPSA) is 58.4 Å². The molecule has 1 N–H and O–H groups in total. The van der Waals surface area contributed by atoms with Crippen LogP contribution in [0.5, 0.6) is 0 Å². The van der Waals surface area contributed by atoms with Gasteiger partial charge in [-0.1, -0.05) is 6.07 Å². The average Bonchev–Trinajstić information content (AvgIpc) is 2.41. The second kappa shape index (κ2) is 7.93. The molecule has 0 aromatic heterocycles. The van der Waals surface area contributed by atoms with Gasteiger partial charge >= 0.3 is 0 Å². The number of piperidine rings is 1. The normalized spacial score (nSPS) is 15.9. The van der Waals surface area contributed by atoms with Gasteiger partial charge in [0.25, 0.3) is 5.69 Å². The maximum atomic E-state index is 10.9. The molecule has 1 saturated heterocycles. The van der Waals surface area contributed by atoms with Crippen LogP contribution in [0.1, 0.15) is 18.4 Å². The monoisotopic (exact) mass is 363 g/mol. The molecule has 7 heteroatoms. The molecule has 20 heavy (non-hydrogen) atoms. The van der Waals surface area contributed by atoms with Crippen molar-refractivity contribution in [2.45, 2.75) is 25.4 Å². The van der Waals surface area contributed by atoms with Gasteiger partial charge in [-0.3, -0.25) is 15.0 Å². The molecule has 0 unspecified atom stereocenters. The molecule has 1 heterocycles. The standard InChI is InChI=1S/C13H18BrN3O2.ClH/c1-16(11-4-6-15-7-5-11)9-10-2-3-12(14)13(8-10)17(18)19;/h2-3,8,11,15H,4-7,9H2,1H3;1H. The van der Waals surface area contributed by atoms with Crippen LogP contribution in [0.2, 0.25) is 0 Å². The van der Waals surface area contributed by atoms with Crippen molar-refractivity contribution in [2.75, 3.05) is 20.1 Å². The van der Waals surface area contributed by atoms with Gasteiger partial charge in [-0.15, -0.1) is 12.4 Å². The van der Waals surface area contributed by atoms with Crippen molar-refractivity contribution in [1.82, 2.24) is 10.2 Å². The lowest BCUT2D eigenvalue weighted by Gasteiger charge is -2.31. The summed E-state index contributed by atoms with van der Waals surface area (Å²) >= 11 is 3.21. The first-order chi connectivity index (χ1) is 9.08. The van der Waals surface area contributed by atoms with Crippen molar-refractivity contribution < 1.29 is 4.92 Å². The third-order valence-corrected chi connectivity index (χ3v) is 4.24. The van der Waals surface area contributed by atoms with Crippen molar-refractivity contribution in [3.63, 3.8) is 0 Å². The summed E-state index contributed by atoms with van der Waals surface area (Å²) in [6.45, 7) is 2.85. The third-order valence-electron chi connectivity index (χ3n) is 3.57. The first-order valence-corrected chi connectivity index (χ1v) is 7.21. The van der Waals surface area contributed by atoms with E-state index in [4.69, 9.17) is 0 Å². The number of nitrogens with zero attached hydrogens (tertiary/aromatic N) is 2. The van der Waals surface area contributed by atoms with Gasteiger partial charge in [-0.2, -0.15) is 0 Å². The number of halogens is 2. The first-order valence-electron chi connectivity index (χ1n) is 6.41. The molecule has 0 spiro atoms. The maximum absolute atomic E-state index is 10.9. The van der Waals surface area contributed by atoms with Gasteiger partial charge in [0.05, 0.1) is 9.40 Å². The molecule has 112 valence electrons. The van der Waals surface area contributed by atoms with E-state index in [0.29, 0.717) is 10.5 Å². The predicted octanol–water partition coefficient (Wildman–Crippen LogP) is 2.96. The highest BCUT2D eigenvalue weighted by atomic mass is 79.9. The van der Waals surface area contributed by atoms with Crippen molar-refractivity contribution in [3.8, 4) is 0 Å². The summed E-state index contributed by atoms with van der Waals surface area (Å²) in [6, 6.07) is 5.91. The van der Waals surface area contributed by atoms with Crippen LogP contribution in [0, 0.1) is 10.1 Å². The van der Waals surface area contributed by atoms with Crippen LogP contribution < -0.4 is 5.32 Å². The molecule has 0 saturated carbocycles. The molecule has 0 bridgehead atoms. The van der Waals surface area contributed by atoms with Crippen LogP contribution in [-0.2, 0) is 6.54 Å². The molecule has 0 aliphatic carbocycles. The Bertz CT molecular complexity index is 467. The Morgan fingerprint density at radius 3 is 2.70 bits per heavy atom. The number of nitrogens with one attached hydrogen (secondary N) is 1. The molecule has 1 fully saturated rings. The van der Waals surface area contributed by atoms with E-state index in [0.717, 1.165) is 38.0 Å². The minimum atomic E-state index is -0.349. The Balaban J connectivity index is 0.00000200. The minimum absolute atomic E-state index is 0. The Kier molecular flexibility index (Phi) is 6.88. The zero-order valence-corrected chi connectivity index (χ0v) is 13.7. The predicted molar refractivity (Wildman–Crippen MR) is 85.4 cm³/mol. The Hall–Kier alpha value is -0.690. The number of nitro benzene ring substituents is 1. The summed E-state index contributed by atoms with van der Waals surface area (Å²) in [6.07, 6.45) is 2.27. The average molecular weight is 365 g/mol. The minimum Gasteiger partial charge on any atom is -0.317 e. The van der Waals surface area contributed by atoms with E-state index in [9.17, 15) is 10.1 Å². The van der Waals surface area contributed by atoms with Gasteiger partial charge in [0.2, 0.25) is 0 Å². The molecule has 5 nitrogen and oxygen atoms in total. The van der Waals surface area contributed by atoms with Gasteiger partial charge in [-0.05, 0) is 60.5 Å². The highest BCUT2D eigenvalue weighted by molar-refractivity contribution is 9.10. The van der Waals surface area contributed by atoms with Gasteiger partial charge in [0.15, 0.2) is 0 Å². The van der Waals surface area contributed by atoms with Crippen LogP contribution in [0.25, 0.3) is 0 Å². The molecule has 0 radical (unpaired) electrons. The molecular formula is C13H19BrClN3O2. The Morgan fingerprint density at radius 2 is 2.10 bits per heavy atom. The number of hydrogen-bond acceptors (Lipinski definition) is 4. The van der Waals surface area contributed by atoms with Crippen molar-refractivity contribution in [3.05, 3.63) is 38.3 Å². The van der Waals surface area contributed by atoms with Crippen LogP contribution in [0.15, 0.2) is 22.7 Å². The zero-order chi connectivity index (χ0) is 13.8. The van der Waals surface area contributed by atoms with Crippen molar-refractivity contribution in [2.24, 2.45) is 0 Å². The highest BCUT2D eigenvalue weighted by Gasteiger charge is 2.19. The quantitative estimate of drug-likeness (QED) is 0.659. The molecule has 0 amide bonds. The summed E-state index contributed by atoms with van der Waals surface area (Å²) in [4.78, 5) is 12.9. The SMILES string of the molecule is CN(Cc1ccc(Br)c([N+](=O)[O-])c1)C1CCNCC1.Cl. The summed E-state index contributed by atoms with van der Waals surface area (Å²) < 4.78 is 0.533. The molecule has 0 atom stereocenters.